The lowest BCUT2D eigenvalue weighted by Crippen LogP contribution is -2.30. The van der Waals surface area contributed by atoms with Gasteiger partial charge in [0.2, 0.25) is 4.96 Å². The van der Waals surface area contributed by atoms with Crippen molar-refractivity contribution in [1.82, 2.24) is 19.9 Å². The number of hydrogen-bond acceptors (Lipinski definition) is 4. The van der Waals surface area contributed by atoms with Gasteiger partial charge in [0.25, 0.3) is 0 Å². The minimum atomic E-state index is -0.358. The molecule has 2 aromatic heterocycles. The van der Waals surface area contributed by atoms with E-state index in [1.165, 1.54) is 17.4 Å². The normalized spacial score (nSPS) is 10.9. The third-order valence-electron chi connectivity index (χ3n) is 4.03. The predicted octanol–water partition coefficient (Wildman–Crippen LogP) is 4.61. The molecule has 0 fully saturated rings. The average Bonchev–Trinajstić information content (AvgIpc) is 3.26. The van der Waals surface area contributed by atoms with Crippen LogP contribution in [-0.4, -0.2) is 27.2 Å². The summed E-state index contributed by atoms with van der Waals surface area (Å²) in [6.45, 7) is 0.417. The van der Waals surface area contributed by atoms with Crippen molar-refractivity contribution in [1.29, 1.82) is 0 Å². The Morgan fingerprint density at radius 1 is 1.18 bits per heavy atom. The molecule has 0 spiro atoms. The van der Waals surface area contributed by atoms with E-state index in [1.54, 1.807) is 47.0 Å². The summed E-state index contributed by atoms with van der Waals surface area (Å²) in [7, 11) is 0. The molecular weight excluding hydrogens is 401 g/mol. The van der Waals surface area contributed by atoms with Gasteiger partial charge in [-0.2, -0.15) is 4.98 Å². The van der Waals surface area contributed by atoms with Crippen LogP contribution in [0.2, 0.25) is 5.02 Å². The second-order valence-electron chi connectivity index (χ2n) is 5.97. The van der Waals surface area contributed by atoms with E-state index >= 15 is 0 Å². The number of nitrogens with one attached hydrogen (secondary N) is 2. The highest BCUT2D eigenvalue weighted by molar-refractivity contribution is 7.15. The monoisotopic (exact) mass is 415 g/mol. The number of carbonyl (C=O) groups is 1. The Morgan fingerprint density at radius 2 is 1.96 bits per heavy atom. The van der Waals surface area contributed by atoms with E-state index in [0.717, 1.165) is 5.69 Å². The first-order valence-electron chi connectivity index (χ1n) is 8.48. The molecule has 2 aromatic carbocycles. The van der Waals surface area contributed by atoms with Gasteiger partial charge in [-0.05, 0) is 36.4 Å². The summed E-state index contributed by atoms with van der Waals surface area (Å²) in [5.41, 5.74) is 1.91. The van der Waals surface area contributed by atoms with Crippen molar-refractivity contribution in [2.24, 2.45) is 0 Å². The Balaban J connectivity index is 1.39. The van der Waals surface area contributed by atoms with E-state index in [1.807, 2.05) is 5.38 Å². The quantitative estimate of drug-likeness (QED) is 0.499. The van der Waals surface area contributed by atoms with Crippen LogP contribution < -0.4 is 10.6 Å². The zero-order chi connectivity index (χ0) is 19.5. The number of thiazole rings is 1. The summed E-state index contributed by atoms with van der Waals surface area (Å²) in [4.78, 5) is 17.1. The maximum Gasteiger partial charge on any atom is 0.319 e. The molecule has 0 aliphatic rings. The average molecular weight is 416 g/mol. The summed E-state index contributed by atoms with van der Waals surface area (Å²) in [6, 6.07) is 13.0. The number of aromatic nitrogens is 3. The molecule has 28 heavy (non-hydrogen) atoms. The fourth-order valence-electron chi connectivity index (χ4n) is 2.67. The second-order valence-corrected chi connectivity index (χ2v) is 7.25. The fourth-order valence-corrected chi connectivity index (χ4v) is 3.65. The van der Waals surface area contributed by atoms with Crippen molar-refractivity contribution in [3.8, 4) is 11.4 Å². The van der Waals surface area contributed by atoms with E-state index in [2.05, 4.69) is 20.7 Å². The first kappa shape index (κ1) is 18.4. The maximum absolute atomic E-state index is 14.0. The molecule has 0 aliphatic heterocycles. The van der Waals surface area contributed by atoms with Crippen LogP contribution in [0.4, 0.5) is 14.9 Å². The highest BCUT2D eigenvalue weighted by Gasteiger charge is 2.14. The number of urea groups is 1. The standard InChI is InChI=1S/C19H15ClFN5OS/c20-12-5-7-13(8-6-12)23-18(27)22-10-9-14-11-28-19-24-17(25-26(14)19)15-3-1-2-4-16(15)21/h1-8,11H,9-10H2,(H2,22,23,27). The molecule has 4 aromatic rings. The molecule has 0 bridgehead atoms. The zero-order valence-corrected chi connectivity index (χ0v) is 16.1. The Kier molecular flexibility index (Phi) is 5.23. The minimum Gasteiger partial charge on any atom is -0.337 e. The lowest BCUT2D eigenvalue weighted by Gasteiger charge is -2.07. The summed E-state index contributed by atoms with van der Waals surface area (Å²) in [5, 5.41) is 12.5. The highest BCUT2D eigenvalue weighted by Crippen LogP contribution is 2.23. The SMILES string of the molecule is O=C(NCCc1csc2nc(-c3ccccc3F)nn12)Nc1ccc(Cl)cc1. The van der Waals surface area contributed by atoms with Crippen LogP contribution in [0.25, 0.3) is 16.3 Å². The summed E-state index contributed by atoms with van der Waals surface area (Å²) >= 11 is 7.25. The highest BCUT2D eigenvalue weighted by atomic mass is 35.5. The van der Waals surface area contributed by atoms with Gasteiger partial charge in [-0.3, -0.25) is 0 Å². The van der Waals surface area contributed by atoms with Crippen molar-refractivity contribution in [2.45, 2.75) is 6.42 Å². The number of benzene rings is 2. The van der Waals surface area contributed by atoms with Crippen LogP contribution >= 0.6 is 22.9 Å². The molecule has 6 nitrogen and oxygen atoms in total. The van der Waals surface area contributed by atoms with Crippen molar-refractivity contribution in [3.63, 3.8) is 0 Å². The summed E-state index contributed by atoms with van der Waals surface area (Å²) < 4.78 is 15.6. The van der Waals surface area contributed by atoms with Crippen molar-refractivity contribution >= 4 is 39.6 Å². The van der Waals surface area contributed by atoms with E-state index in [9.17, 15) is 9.18 Å². The number of nitrogens with zero attached hydrogens (tertiary/aromatic N) is 3. The smallest absolute Gasteiger partial charge is 0.319 e. The second kappa shape index (κ2) is 7.95. The molecule has 0 aliphatic carbocycles. The van der Waals surface area contributed by atoms with Crippen LogP contribution in [0.3, 0.4) is 0 Å². The van der Waals surface area contributed by atoms with Gasteiger partial charge in [0.05, 0.1) is 11.3 Å². The number of fused-ring (bicyclic) bond motifs is 1. The lowest BCUT2D eigenvalue weighted by atomic mass is 10.2. The maximum atomic E-state index is 14.0. The summed E-state index contributed by atoms with van der Waals surface area (Å²) in [6.07, 6.45) is 0.564. The molecule has 2 amide bonds. The third-order valence-corrected chi connectivity index (χ3v) is 5.15. The number of halogens is 2. The van der Waals surface area contributed by atoms with E-state index in [0.29, 0.717) is 40.0 Å². The Labute approximate surface area is 169 Å². The molecule has 0 saturated carbocycles. The summed E-state index contributed by atoms with van der Waals surface area (Å²) in [5.74, 6) is -0.0116. The number of carbonyl (C=O) groups excluding carboxylic acids is 1. The zero-order valence-electron chi connectivity index (χ0n) is 14.5. The number of anilines is 1. The van der Waals surface area contributed by atoms with Crippen LogP contribution in [0.1, 0.15) is 5.69 Å². The molecule has 0 atom stereocenters. The molecule has 142 valence electrons. The van der Waals surface area contributed by atoms with Crippen LogP contribution in [0, 0.1) is 5.82 Å². The molecular formula is C19H15ClFN5OS. The van der Waals surface area contributed by atoms with Crippen molar-refractivity contribution in [3.05, 3.63) is 70.4 Å². The number of rotatable bonds is 5. The van der Waals surface area contributed by atoms with Crippen LogP contribution in [0.15, 0.2) is 53.9 Å². The molecule has 0 radical (unpaired) electrons. The number of hydrogen-bond donors (Lipinski definition) is 2. The Bertz CT molecular complexity index is 1130. The molecule has 2 heterocycles. The fraction of sp³-hybridized carbons (Fsp3) is 0.105. The minimum absolute atomic E-state index is 0.306. The molecule has 4 rings (SSSR count). The Morgan fingerprint density at radius 3 is 2.75 bits per heavy atom. The van der Waals surface area contributed by atoms with Gasteiger partial charge >= 0.3 is 6.03 Å². The third kappa shape index (κ3) is 3.97. The van der Waals surface area contributed by atoms with Gasteiger partial charge in [-0.25, -0.2) is 13.7 Å². The van der Waals surface area contributed by atoms with Crippen LogP contribution in [-0.2, 0) is 6.42 Å². The van der Waals surface area contributed by atoms with E-state index in [-0.39, 0.29) is 11.8 Å². The molecule has 2 N–H and O–H groups in total. The first-order chi connectivity index (χ1) is 13.6. The van der Waals surface area contributed by atoms with Gasteiger partial charge in [-0.1, -0.05) is 23.7 Å². The van der Waals surface area contributed by atoms with E-state index in [4.69, 9.17) is 11.6 Å². The van der Waals surface area contributed by atoms with E-state index < -0.39 is 0 Å². The molecule has 9 heteroatoms. The predicted molar refractivity (Wildman–Crippen MR) is 108 cm³/mol. The van der Waals surface area contributed by atoms with Crippen LogP contribution in [0.5, 0.6) is 0 Å². The van der Waals surface area contributed by atoms with Crippen molar-refractivity contribution < 1.29 is 9.18 Å². The van der Waals surface area contributed by atoms with Gasteiger partial charge in [0.15, 0.2) is 5.82 Å². The van der Waals surface area contributed by atoms with Gasteiger partial charge in [0, 0.05) is 29.1 Å². The van der Waals surface area contributed by atoms with Gasteiger partial charge in [0.1, 0.15) is 5.82 Å². The number of amides is 2. The first-order valence-corrected chi connectivity index (χ1v) is 9.74. The topological polar surface area (TPSA) is 71.3 Å². The van der Waals surface area contributed by atoms with Gasteiger partial charge < -0.3 is 10.6 Å². The lowest BCUT2D eigenvalue weighted by molar-refractivity contribution is 0.252. The van der Waals surface area contributed by atoms with Gasteiger partial charge in [-0.15, -0.1) is 16.4 Å². The Hall–Kier alpha value is -2.97. The molecule has 0 saturated heterocycles. The van der Waals surface area contributed by atoms with Crippen molar-refractivity contribution in [2.75, 3.05) is 11.9 Å². The largest absolute Gasteiger partial charge is 0.337 e. The molecule has 0 unspecified atom stereocenters.